The van der Waals surface area contributed by atoms with Crippen LogP contribution in [0.3, 0.4) is 0 Å². The summed E-state index contributed by atoms with van der Waals surface area (Å²) in [6.45, 7) is 0. The molecule has 0 aromatic heterocycles. The van der Waals surface area contributed by atoms with E-state index in [1.165, 1.54) is 0 Å². The maximum Gasteiger partial charge on any atom is 0.0464 e. The van der Waals surface area contributed by atoms with E-state index in [0.717, 1.165) is 0 Å². The zero-order valence-electron chi connectivity index (χ0n) is 1.16. The van der Waals surface area contributed by atoms with Gasteiger partial charge in [0.25, 0.3) is 0 Å². The summed E-state index contributed by atoms with van der Waals surface area (Å²) in [4.78, 5) is 0. The van der Waals surface area contributed by atoms with Gasteiger partial charge in [0.1, 0.15) is 0 Å². The van der Waals surface area contributed by atoms with Gasteiger partial charge >= 0.3 is 19.8 Å². The van der Waals surface area contributed by atoms with Gasteiger partial charge < -0.3 is 0 Å². The summed E-state index contributed by atoms with van der Waals surface area (Å²) in [5.41, 5.74) is 0. The molecule has 0 unspecified atom stereocenters. The summed E-state index contributed by atoms with van der Waals surface area (Å²) in [7, 11) is 3.11. The Morgan fingerprint density at radius 2 is 1.25 bits per heavy atom. The van der Waals surface area contributed by atoms with E-state index in [9.17, 15) is 0 Å². The van der Waals surface area contributed by atoms with E-state index in [-0.39, 0.29) is 42.2 Å². The number of rotatable bonds is 0. The van der Waals surface area contributed by atoms with Crippen LogP contribution in [0.1, 0.15) is 0 Å². The van der Waals surface area contributed by atoms with Gasteiger partial charge in [0.2, 0.25) is 0 Å². The molecule has 0 saturated heterocycles. The monoisotopic (exact) mass is 242 g/mol. The molecule has 0 rings (SSSR count). The molecule has 0 aliphatic carbocycles. The van der Waals surface area contributed by atoms with Crippen molar-refractivity contribution in [3.8, 4) is 0 Å². The minimum Gasteiger partial charge on any atom is -0.0464 e. The quantitative estimate of drug-likeness (QED) is 0.415. The average Bonchev–Trinajstić information content (AvgIpc) is 1.00. The standard InChI is InChI=1S/Ag.Ga.PS.3H/c;;1-2;;;. The van der Waals surface area contributed by atoms with E-state index in [1.54, 1.807) is 0 Å². The molecular formula is H3AgGaPS. The van der Waals surface area contributed by atoms with Crippen molar-refractivity contribution in [2.45, 2.75) is 0 Å². The molecule has 0 atom stereocenters. The molecule has 4 heavy (non-hydrogen) atoms. The minimum atomic E-state index is 0. The molecule has 0 amide bonds. The molecule has 0 saturated carbocycles. The molecule has 0 aromatic carbocycles. The molecule has 0 aromatic rings. The average molecular weight is 244 g/mol. The van der Waals surface area contributed by atoms with E-state index < -0.39 is 0 Å². The molecule has 0 nitrogen and oxygen atoms in total. The fourth-order valence-electron chi connectivity index (χ4n) is 0. The Morgan fingerprint density at radius 3 is 1.25 bits per heavy atom. The topological polar surface area (TPSA) is 0 Å². The molecule has 0 heterocycles. The maximum absolute atomic E-state index is 3.78. The third-order valence-corrected chi connectivity index (χ3v) is 0. The van der Waals surface area contributed by atoms with E-state index in [4.69, 9.17) is 0 Å². The molecule has 2 radical (unpaired) electrons. The molecule has 0 fully saturated rings. The Bertz CT molecular complexity index is 8.00. The number of hydrogen-bond donors (Lipinski definition) is 0. The van der Waals surface area contributed by atoms with Crippen molar-refractivity contribution in [2.24, 2.45) is 0 Å². The summed E-state index contributed by atoms with van der Waals surface area (Å²) in [5, 5.41) is 0. The Morgan fingerprint density at radius 1 is 1.25 bits per heavy atom. The molecular weight excluding hydrogens is 241 g/mol. The van der Waals surface area contributed by atoms with Gasteiger partial charge in [-0.1, -0.05) is 0 Å². The molecule has 0 bridgehead atoms. The van der Waals surface area contributed by atoms with Crippen LogP contribution >= 0.6 is 8.02 Å². The Labute approximate surface area is 61.6 Å². The summed E-state index contributed by atoms with van der Waals surface area (Å²) >= 11 is 3.78. The van der Waals surface area contributed by atoms with Gasteiger partial charge in [-0.15, -0.1) is 0 Å². The first-order valence-corrected chi connectivity index (χ1v) is 1.64. The summed E-state index contributed by atoms with van der Waals surface area (Å²) < 4.78 is 0. The van der Waals surface area contributed by atoms with Crippen LogP contribution in [-0.4, -0.2) is 19.8 Å². The van der Waals surface area contributed by atoms with Crippen molar-refractivity contribution < 1.29 is 22.4 Å². The van der Waals surface area contributed by atoms with Gasteiger partial charge in [0, 0.05) is 30.4 Å². The van der Waals surface area contributed by atoms with Crippen LogP contribution in [0, 0.1) is 0 Å². The first-order valence-electron chi connectivity index (χ1n) is 0.183. The van der Waals surface area contributed by atoms with Gasteiger partial charge in [-0.05, 0) is 11.8 Å². The maximum atomic E-state index is 3.78. The van der Waals surface area contributed by atoms with Crippen molar-refractivity contribution in [1.82, 2.24) is 0 Å². The van der Waals surface area contributed by atoms with E-state index in [2.05, 4.69) is 19.8 Å². The van der Waals surface area contributed by atoms with Gasteiger partial charge in [-0.2, -0.15) is 0 Å². The predicted octanol–water partition coefficient (Wildman–Crippen LogP) is -0.328. The van der Waals surface area contributed by atoms with Gasteiger partial charge in [0.15, 0.2) is 0 Å². The van der Waals surface area contributed by atoms with Crippen LogP contribution in [0.2, 0.25) is 0 Å². The number of hydrogen-bond acceptors (Lipinski definition) is 1. The minimum absolute atomic E-state index is 0. The normalized spacial score (nSPS) is 1.00. The molecule has 0 N–H and O–H groups in total. The fourth-order valence-corrected chi connectivity index (χ4v) is 0. The van der Waals surface area contributed by atoms with Crippen molar-refractivity contribution in [3.63, 3.8) is 0 Å². The third kappa shape index (κ3) is 9.09. The first kappa shape index (κ1) is 16.9. The van der Waals surface area contributed by atoms with E-state index >= 15 is 0 Å². The second-order valence-corrected chi connectivity index (χ2v) is 0. The van der Waals surface area contributed by atoms with Crippen LogP contribution in [0.5, 0.6) is 0 Å². The Kier molecular flexibility index (Phi) is 87.1. The second-order valence-electron chi connectivity index (χ2n) is 0. The van der Waals surface area contributed by atoms with Crippen LogP contribution < -0.4 is 0 Å². The SMILES string of the molecule is [Ag].[GaH3].[P]=S. The predicted molar refractivity (Wildman–Crippen MR) is 24.2 cm³/mol. The van der Waals surface area contributed by atoms with Crippen LogP contribution in [0.4, 0.5) is 0 Å². The second kappa shape index (κ2) is 20.7. The van der Waals surface area contributed by atoms with Crippen LogP contribution in [-0.2, 0) is 34.2 Å². The van der Waals surface area contributed by atoms with Gasteiger partial charge in [-0.3, -0.25) is 0 Å². The smallest absolute Gasteiger partial charge is 0.0464 e. The van der Waals surface area contributed by atoms with Gasteiger partial charge in [0.05, 0.1) is 0 Å². The van der Waals surface area contributed by atoms with E-state index in [0.29, 0.717) is 0 Å². The fraction of sp³-hybridized carbons (Fsp3) is 0. The Balaban J connectivity index is -0.00000000500. The molecule has 28 valence electrons. The summed E-state index contributed by atoms with van der Waals surface area (Å²) in [5.74, 6) is 0. The molecule has 0 aliphatic rings. The molecule has 4 heteroatoms. The molecule has 0 aliphatic heterocycles. The first-order chi connectivity index (χ1) is 1.00. The van der Waals surface area contributed by atoms with E-state index in [1.807, 2.05) is 0 Å². The van der Waals surface area contributed by atoms with Crippen LogP contribution in [0.15, 0.2) is 0 Å². The Hall–Kier alpha value is 1.90. The van der Waals surface area contributed by atoms with Crippen molar-refractivity contribution in [2.75, 3.05) is 0 Å². The van der Waals surface area contributed by atoms with Gasteiger partial charge in [-0.25, -0.2) is 0 Å². The zero-order chi connectivity index (χ0) is 2.00. The van der Waals surface area contributed by atoms with Crippen molar-refractivity contribution in [3.05, 3.63) is 0 Å². The summed E-state index contributed by atoms with van der Waals surface area (Å²) in [6.07, 6.45) is 0. The van der Waals surface area contributed by atoms with Crippen molar-refractivity contribution in [1.29, 1.82) is 0 Å². The molecule has 0 spiro atoms. The largest absolute Gasteiger partial charge is 0.0464 e. The zero-order valence-corrected chi connectivity index (χ0v) is 4.35. The summed E-state index contributed by atoms with van der Waals surface area (Å²) in [6, 6.07) is 0. The van der Waals surface area contributed by atoms with Crippen molar-refractivity contribution >= 4 is 39.6 Å². The third-order valence-electron chi connectivity index (χ3n) is 0. The van der Waals surface area contributed by atoms with Crippen LogP contribution in [0.25, 0.3) is 0 Å².